The van der Waals surface area contributed by atoms with E-state index in [-0.39, 0.29) is 17.1 Å². The monoisotopic (exact) mass is 184 g/mol. The number of hydrogen-bond acceptors (Lipinski definition) is 3. The van der Waals surface area contributed by atoms with Gasteiger partial charge in [0.1, 0.15) is 17.3 Å². The third-order valence-electron chi connectivity index (χ3n) is 1.63. The molecule has 0 radical (unpaired) electrons. The van der Waals surface area contributed by atoms with Crippen molar-refractivity contribution in [3.8, 4) is 11.5 Å². The highest BCUT2D eigenvalue weighted by molar-refractivity contribution is 5.83. The van der Waals surface area contributed by atoms with Crippen LogP contribution in [0, 0.1) is 5.82 Å². The van der Waals surface area contributed by atoms with Crippen LogP contribution in [-0.4, -0.2) is 20.5 Å². The van der Waals surface area contributed by atoms with E-state index in [9.17, 15) is 9.18 Å². The fraction of sp³-hybridized carbons (Fsp3) is 0.222. The molecule has 1 aromatic rings. The number of ether oxygens (including phenoxy) is 2. The molecule has 0 saturated carbocycles. The Balaban J connectivity index is 3.33. The lowest BCUT2D eigenvalue weighted by atomic mass is 10.2. The highest BCUT2D eigenvalue weighted by Gasteiger charge is 2.11. The summed E-state index contributed by atoms with van der Waals surface area (Å²) >= 11 is 0. The fourth-order valence-corrected chi connectivity index (χ4v) is 1.02. The topological polar surface area (TPSA) is 35.5 Å². The number of carbonyl (C=O) groups is 1. The van der Waals surface area contributed by atoms with Crippen molar-refractivity contribution in [2.75, 3.05) is 14.2 Å². The number of halogens is 1. The molecule has 0 aliphatic rings. The minimum absolute atomic E-state index is 0.173. The molecule has 4 heteroatoms. The normalized spacial score (nSPS) is 9.46. The Labute approximate surface area is 75.1 Å². The van der Waals surface area contributed by atoms with Crippen molar-refractivity contribution in [3.05, 3.63) is 23.5 Å². The molecule has 0 spiro atoms. The second-order valence-electron chi connectivity index (χ2n) is 2.34. The van der Waals surface area contributed by atoms with Gasteiger partial charge in [-0.05, 0) is 0 Å². The number of rotatable bonds is 3. The van der Waals surface area contributed by atoms with Crippen LogP contribution in [0.4, 0.5) is 4.39 Å². The summed E-state index contributed by atoms with van der Waals surface area (Å²) in [6, 6.07) is 2.26. The molecule has 0 unspecified atom stereocenters. The van der Waals surface area contributed by atoms with Gasteiger partial charge in [0, 0.05) is 12.1 Å². The van der Waals surface area contributed by atoms with Gasteiger partial charge in [-0.25, -0.2) is 4.39 Å². The lowest BCUT2D eigenvalue weighted by Gasteiger charge is -2.08. The van der Waals surface area contributed by atoms with E-state index in [4.69, 9.17) is 9.47 Å². The van der Waals surface area contributed by atoms with Crippen molar-refractivity contribution in [1.82, 2.24) is 0 Å². The van der Waals surface area contributed by atoms with Crippen LogP contribution >= 0.6 is 0 Å². The van der Waals surface area contributed by atoms with E-state index in [1.165, 1.54) is 14.2 Å². The minimum atomic E-state index is -0.501. The molecule has 3 nitrogen and oxygen atoms in total. The molecule has 0 atom stereocenters. The van der Waals surface area contributed by atoms with Gasteiger partial charge in [0.05, 0.1) is 19.8 Å². The van der Waals surface area contributed by atoms with Crippen molar-refractivity contribution in [2.45, 2.75) is 0 Å². The van der Waals surface area contributed by atoms with Crippen LogP contribution < -0.4 is 9.47 Å². The Bertz CT molecular complexity index is 298. The first-order valence-corrected chi connectivity index (χ1v) is 3.59. The number of benzene rings is 1. The quantitative estimate of drug-likeness (QED) is 0.670. The van der Waals surface area contributed by atoms with Crippen LogP contribution in [0.3, 0.4) is 0 Å². The van der Waals surface area contributed by atoms with Gasteiger partial charge >= 0.3 is 0 Å². The van der Waals surface area contributed by atoms with Crippen LogP contribution in [0.5, 0.6) is 11.5 Å². The predicted octanol–water partition coefficient (Wildman–Crippen LogP) is 1.66. The molecule has 0 fully saturated rings. The average molecular weight is 184 g/mol. The average Bonchev–Trinajstić information content (AvgIpc) is 2.16. The molecule has 1 aromatic carbocycles. The standard InChI is InChI=1S/C9H9FO3/c1-12-8-3-6(10)4-9(13-2)7(8)5-11/h3-5H,1-2H3. The van der Waals surface area contributed by atoms with Gasteiger partial charge in [-0.15, -0.1) is 0 Å². The van der Waals surface area contributed by atoms with Crippen molar-refractivity contribution in [1.29, 1.82) is 0 Å². The van der Waals surface area contributed by atoms with Gasteiger partial charge in [0.2, 0.25) is 0 Å². The summed E-state index contributed by atoms with van der Waals surface area (Å²) in [5, 5.41) is 0. The Morgan fingerprint density at radius 2 is 1.69 bits per heavy atom. The van der Waals surface area contributed by atoms with Crippen LogP contribution in [-0.2, 0) is 0 Å². The molecular formula is C9H9FO3. The van der Waals surface area contributed by atoms with Crippen molar-refractivity contribution >= 4 is 6.29 Å². The molecule has 0 bridgehead atoms. The second kappa shape index (κ2) is 3.89. The Kier molecular flexibility index (Phi) is 2.84. The maximum atomic E-state index is 12.8. The van der Waals surface area contributed by atoms with Gasteiger partial charge in [-0.2, -0.15) is 0 Å². The molecule has 0 N–H and O–H groups in total. The molecule has 0 heterocycles. The van der Waals surface area contributed by atoms with E-state index in [0.29, 0.717) is 6.29 Å². The third kappa shape index (κ3) is 1.77. The van der Waals surface area contributed by atoms with E-state index >= 15 is 0 Å². The van der Waals surface area contributed by atoms with E-state index in [1.807, 2.05) is 0 Å². The molecular weight excluding hydrogens is 175 g/mol. The zero-order valence-electron chi connectivity index (χ0n) is 7.33. The molecule has 0 amide bonds. The molecule has 1 rings (SSSR count). The summed E-state index contributed by atoms with van der Waals surface area (Å²) in [6.45, 7) is 0. The summed E-state index contributed by atoms with van der Waals surface area (Å²) in [4.78, 5) is 10.6. The number of aldehydes is 1. The van der Waals surface area contributed by atoms with Crippen molar-refractivity contribution in [2.24, 2.45) is 0 Å². The van der Waals surface area contributed by atoms with Crippen LogP contribution in [0.15, 0.2) is 12.1 Å². The van der Waals surface area contributed by atoms with Crippen LogP contribution in [0.2, 0.25) is 0 Å². The third-order valence-corrected chi connectivity index (χ3v) is 1.63. The number of methoxy groups -OCH3 is 2. The van der Waals surface area contributed by atoms with E-state index < -0.39 is 5.82 Å². The Morgan fingerprint density at radius 3 is 2.00 bits per heavy atom. The Hall–Kier alpha value is -1.58. The molecule has 0 aromatic heterocycles. The summed E-state index contributed by atoms with van der Waals surface area (Å²) in [6.07, 6.45) is 0.567. The number of hydrogen-bond donors (Lipinski definition) is 0. The molecule has 0 aliphatic heterocycles. The zero-order chi connectivity index (χ0) is 9.84. The van der Waals surface area contributed by atoms with E-state index in [0.717, 1.165) is 12.1 Å². The maximum absolute atomic E-state index is 12.8. The largest absolute Gasteiger partial charge is 0.496 e. The second-order valence-corrected chi connectivity index (χ2v) is 2.34. The molecule has 0 saturated heterocycles. The molecule has 13 heavy (non-hydrogen) atoms. The van der Waals surface area contributed by atoms with Crippen molar-refractivity contribution < 1.29 is 18.7 Å². The summed E-state index contributed by atoms with van der Waals surface area (Å²) < 4.78 is 22.5. The first kappa shape index (κ1) is 9.51. The SMILES string of the molecule is COc1cc(F)cc(OC)c1C=O. The lowest BCUT2D eigenvalue weighted by molar-refractivity contribution is 0.111. The van der Waals surface area contributed by atoms with E-state index in [1.54, 1.807) is 0 Å². The first-order chi connectivity index (χ1) is 6.22. The highest BCUT2D eigenvalue weighted by atomic mass is 19.1. The van der Waals surface area contributed by atoms with Gasteiger partial charge < -0.3 is 9.47 Å². The summed E-state index contributed by atoms with van der Waals surface area (Å²) in [5.41, 5.74) is 0.214. The Morgan fingerprint density at radius 1 is 1.23 bits per heavy atom. The molecule has 0 aliphatic carbocycles. The van der Waals surface area contributed by atoms with Gasteiger partial charge in [0.25, 0.3) is 0 Å². The van der Waals surface area contributed by atoms with E-state index in [2.05, 4.69) is 0 Å². The smallest absolute Gasteiger partial charge is 0.157 e. The van der Waals surface area contributed by atoms with Crippen molar-refractivity contribution in [3.63, 3.8) is 0 Å². The number of carbonyl (C=O) groups excluding carboxylic acids is 1. The highest BCUT2D eigenvalue weighted by Crippen LogP contribution is 2.27. The van der Waals surface area contributed by atoms with Gasteiger partial charge in [-0.3, -0.25) is 4.79 Å². The fourth-order valence-electron chi connectivity index (χ4n) is 1.02. The zero-order valence-corrected chi connectivity index (χ0v) is 7.33. The summed E-state index contributed by atoms with van der Waals surface area (Å²) in [7, 11) is 2.72. The maximum Gasteiger partial charge on any atom is 0.157 e. The first-order valence-electron chi connectivity index (χ1n) is 3.59. The predicted molar refractivity (Wildman–Crippen MR) is 44.9 cm³/mol. The summed E-state index contributed by atoms with van der Waals surface area (Å²) in [5.74, 6) is -0.155. The lowest BCUT2D eigenvalue weighted by Crippen LogP contribution is -1.96. The van der Waals surface area contributed by atoms with Gasteiger partial charge in [0.15, 0.2) is 6.29 Å². The van der Waals surface area contributed by atoms with Crippen LogP contribution in [0.1, 0.15) is 10.4 Å². The van der Waals surface area contributed by atoms with Crippen LogP contribution in [0.25, 0.3) is 0 Å². The minimum Gasteiger partial charge on any atom is -0.496 e. The molecule has 70 valence electrons. The van der Waals surface area contributed by atoms with Gasteiger partial charge in [-0.1, -0.05) is 0 Å².